The second kappa shape index (κ2) is 11.4. The zero-order valence-corrected chi connectivity index (χ0v) is 23.4. The minimum absolute atomic E-state index is 0.180. The summed E-state index contributed by atoms with van der Waals surface area (Å²) in [5, 5.41) is 2.83. The number of hydrogen-bond donors (Lipinski definition) is 1. The van der Waals surface area contributed by atoms with E-state index in [1.54, 1.807) is 42.5 Å². The smallest absolute Gasteiger partial charge is 0.335 e. The summed E-state index contributed by atoms with van der Waals surface area (Å²) >= 11 is 11.7. The molecule has 1 saturated heterocycles. The number of amides is 4. The van der Waals surface area contributed by atoms with Crippen LogP contribution < -0.4 is 19.7 Å². The number of carbonyl (C=O) groups excluding carboxylic acids is 3. The number of nitrogens with one attached hydrogen (secondary N) is 1. The van der Waals surface area contributed by atoms with Gasteiger partial charge in [0.2, 0.25) is 0 Å². The fourth-order valence-electron chi connectivity index (χ4n) is 3.49. The Hall–Kier alpha value is -2.89. The van der Waals surface area contributed by atoms with Crippen molar-refractivity contribution in [1.82, 2.24) is 5.32 Å². The van der Waals surface area contributed by atoms with Gasteiger partial charge in [0.05, 0.1) is 15.9 Å². The van der Waals surface area contributed by atoms with Gasteiger partial charge in [0, 0.05) is 15.1 Å². The Morgan fingerprint density at radius 2 is 1.78 bits per heavy atom. The first-order chi connectivity index (χ1) is 17.3. The Morgan fingerprint density at radius 1 is 1.06 bits per heavy atom. The molecule has 7 nitrogen and oxygen atoms in total. The molecule has 0 unspecified atom stereocenters. The van der Waals surface area contributed by atoms with E-state index in [0.717, 1.165) is 14.9 Å². The summed E-state index contributed by atoms with van der Waals surface area (Å²) in [6, 6.07) is 16.6. The highest BCUT2D eigenvalue weighted by Crippen LogP contribution is 2.36. The zero-order chi connectivity index (χ0) is 25.8. The van der Waals surface area contributed by atoms with Gasteiger partial charge in [-0.05, 0) is 83.6 Å². The van der Waals surface area contributed by atoms with Crippen LogP contribution in [0.3, 0.4) is 0 Å². The molecule has 1 fully saturated rings. The molecule has 1 aliphatic heterocycles. The molecule has 3 aromatic rings. The number of halogens is 3. The molecular formula is C26H19BrClIN2O5. The number of urea groups is 1. The third-order valence-corrected chi connectivity index (χ3v) is 6.86. The molecule has 1 heterocycles. The van der Waals surface area contributed by atoms with Crippen LogP contribution in [-0.2, 0) is 16.2 Å². The first kappa shape index (κ1) is 26.2. The summed E-state index contributed by atoms with van der Waals surface area (Å²) in [5.41, 5.74) is 1.52. The van der Waals surface area contributed by atoms with Crippen molar-refractivity contribution < 1.29 is 23.9 Å². The van der Waals surface area contributed by atoms with Gasteiger partial charge >= 0.3 is 6.03 Å². The van der Waals surface area contributed by atoms with E-state index in [2.05, 4.69) is 43.8 Å². The van der Waals surface area contributed by atoms with E-state index < -0.39 is 17.8 Å². The fourth-order valence-corrected chi connectivity index (χ4v) is 4.72. The van der Waals surface area contributed by atoms with Gasteiger partial charge in [-0.2, -0.15) is 0 Å². The molecule has 4 amide bonds. The van der Waals surface area contributed by atoms with Crippen LogP contribution in [-0.4, -0.2) is 24.5 Å². The van der Waals surface area contributed by atoms with E-state index in [9.17, 15) is 14.4 Å². The minimum atomic E-state index is -0.808. The van der Waals surface area contributed by atoms with Crippen LogP contribution in [0.1, 0.15) is 18.1 Å². The third kappa shape index (κ3) is 5.74. The monoisotopic (exact) mass is 680 g/mol. The average molecular weight is 682 g/mol. The average Bonchev–Trinajstić information content (AvgIpc) is 2.83. The van der Waals surface area contributed by atoms with E-state index >= 15 is 0 Å². The molecule has 1 aliphatic rings. The third-order valence-electron chi connectivity index (χ3n) is 5.16. The molecule has 10 heteroatoms. The summed E-state index contributed by atoms with van der Waals surface area (Å²) in [7, 11) is 0. The Balaban J connectivity index is 1.66. The first-order valence-electron chi connectivity index (χ1n) is 10.8. The number of barbiturate groups is 1. The van der Waals surface area contributed by atoms with Crippen molar-refractivity contribution in [3.63, 3.8) is 0 Å². The molecule has 0 bridgehead atoms. The zero-order valence-electron chi connectivity index (χ0n) is 18.9. The second-order valence-corrected chi connectivity index (χ2v) is 10.1. The van der Waals surface area contributed by atoms with Gasteiger partial charge in [0.15, 0.2) is 11.5 Å². The summed E-state index contributed by atoms with van der Waals surface area (Å²) in [6.07, 6.45) is 1.43. The molecular weight excluding hydrogens is 663 g/mol. The number of imide groups is 2. The molecule has 36 heavy (non-hydrogen) atoms. The van der Waals surface area contributed by atoms with E-state index in [1.807, 2.05) is 25.1 Å². The van der Waals surface area contributed by atoms with Crippen LogP contribution >= 0.6 is 50.1 Å². The molecule has 1 N–H and O–H groups in total. The van der Waals surface area contributed by atoms with Gasteiger partial charge in [-0.15, -0.1) is 0 Å². The Kier molecular flexibility index (Phi) is 8.32. The molecule has 0 radical (unpaired) electrons. The fraction of sp³-hybridized carbons (Fsp3) is 0.115. The lowest BCUT2D eigenvalue weighted by Crippen LogP contribution is -2.54. The highest BCUT2D eigenvalue weighted by Gasteiger charge is 2.36. The maximum Gasteiger partial charge on any atom is 0.335 e. The van der Waals surface area contributed by atoms with E-state index in [4.69, 9.17) is 21.1 Å². The van der Waals surface area contributed by atoms with Crippen LogP contribution in [0.25, 0.3) is 6.08 Å². The number of carbonyl (C=O) groups is 3. The van der Waals surface area contributed by atoms with Crippen molar-refractivity contribution in [3.05, 3.63) is 90.4 Å². The lowest BCUT2D eigenvalue weighted by Gasteiger charge is -2.26. The predicted molar refractivity (Wildman–Crippen MR) is 149 cm³/mol. The quantitative estimate of drug-likeness (QED) is 0.179. The summed E-state index contributed by atoms with van der Waals surface area (Å²) < 4.78 is 13.3. The van der Waals surface area contributed by atoms with Crippen molar-refractivity contribution in [3.8, 4) is 11.5 Å². The number of anilines is 1. The number of nitrogens with zero attached hydrogens (tertiary/aromatic N) is 1. The van der Waals surface area contributed by atoms with Crippen molar-refractivity contribution >= 4 is 79.7 Å². The van der Waals surface area contributed by atoms with E-state index in [0.29, 0.717) is 37.9 Å². The van der Waals surface area contributed by atoms with Crippen LogP contribution in [0.2, 0.25) is 5.02 Å². The Morgan fingerprint density at radius 3 is 2.47 bits per heavy atom. The van der Waals surface area contributed by atoms with Gasteiger partial charge in [-0.25, -0.2) is 9.69 Å². The molecule has 184 valence electrons. The standard InChI is InChI=1S/C26H19BrClIN2O5/c1-2-35-22-13-15(12-21(29)23(22)36-14-16-5-3-4-6-20(16)28)11-19-24(32)30-26(34)31(25(19)33)18-9-7-17(27)8-10-18/h3-13H,2,14H2,1H3,(H,30,32,34)/b19-11+. The molecule has 0 aromatic heterocycles. The largest absolute Gasteiger partial charge is 0.490 e. The molecule has 0 saturated carbocycles. The van der Waals surface area contributed by atoms with Crippen LogP contribution in [0, 0.1) is 3.57 Å². The topological polar surface area (TPSA) is 84.9 Å². The van der Waals surface area contributed by atoms with E-state index in [-0.39, 0.29) is 12.2 Å². The Bertz CT molecular complexity index is 1380. The summed E-state index contributed by atoms with van der Waals surface area (Å²) in [4.78, 5) is 39.1. The first-order valence-corrected chi connectivity index (χ1v) is 13.0. The van der Waals surface area contributed by atoms with Gasteiger partial charge in [0.1, 0.15) is 12.2 Å². The van der Waals surface area contributed by atoms with Crippen molar-refractivity contribution in [2.45, 2.75) is 13.5 Å². The minimum Gasteiger partial charge on any atom is -0.490 e. The summed E-state index contributed by atoms with van der Waals surface area (Å²) in [5.74, 6) is -0.526. The Labute approximate surface area is 234 Å². The number of benzene rings is 3. The maximum atomic E-state index is 13.2. The molecule has 0 atom stereocenters. The maximum absolute atomic E-state index is 13.2. The molecule has 0 aliphatic carbocycles. The van der Waals surface area contributed by atoms with Gasteiger partial charge in [0.25, 0.3) is 11.8 Å². The predicted octanol–water partition coefficient (Wildman–Crippen LogP) is 6.35. The number of hydrogen-bond acceptors (Lipinski definition) is 5. The summed E-state index contributed by atoms with van der Waals surface area (Å²) in [6.45, 7) is 2.46. The second-order valence-electron chi connectivity index (χ2n) is 7.58. The van der Waals surface area contributed by atoms with Gasteiger partial charge < -0.3 is 9.47 Å². The number of rotatable bonds is 7. The normalized spacial score (nSPS) is 14.7. The molecule has 3 aromatic carbocycles. The van der Waals surface area contributed by atoms with Crippen LogP contribution in [0.5, 0.6) is 11.5 Å². The molecule has 0 spiro atoms. The van der Waals surface area contributed by atoms with Gasteiger partial charge in [-0.1, -0.05) is 45.7 Å². The van der Waals surface area contributed by atoms with Crippen molar-refractivity contribution in [2.24, 2.45) is 0 Å². The van der Waals surface area contributed by atoms with Gasteiger partial charge in [-0.3, -0.25) is 14.9 Å². The van der Waals surface area contributed by atoms with Crippen LogP contribution in [0.4, 0.5) is 10.5 Å². The lowest BCUT2D eigenvalue weighted by atomic mass is 10.1. The van der Waals surface area contributed by atoms with Crippen LogP contribution in [0.15, 0.2) is 70.7 Å². The number of ether oxygens (including phenoxy) is 2. The van der Waals surface area contributed by atoms with Crippen molar-refractivity contribution in [2.75, 3.05) is 11.5 Å². The SMILES string of the molecule is CCOc1cc(/C=C2\C(=O)NC(=O)N(c3ccc(Br)cc3)C2=O)cc(I)c1OCc1ccccc1Cl. The highest BCUT2D eigenvalue weighted by molar-refractivity contribution is 14.1. The highest BCUT2D eigenvalue weighted by atomic mass is 127. The van der Waals surface area contributed by atoms with Crippen molar-refractivity contribution in [1.29, 1.82) is 0 Å². The molecule has 4 rings (SSSR count). The lowest BCUT2D eigenvalue weighted by molar-refractivity contribution is -0.122. The van der Waals surface area contributed by atoms with E-state index in [1.165, 1.54) is 6.08 Å².